The van der Waals surface area contributed by atoms with Crippen molar-refractivity contribution in [2.24, 2.45) is 0 Å². The predicted molar refractivity (Wildman–Crippen MR) is 73.3 cm³/mol. The van der Waals surface area contributed by atoms with Gasteiger partial charge in [-0.2, -0.15) is 0 Å². The minimum absolute atomic E-state index is 0.0242. The zero-order valence-corrected chi connectivity index (χ0v) is 12.1. The highest BCUT2D eigenvalue weighted by atomic mass is 35.5. The summed E-state index contributed by atoms with van der Waals surface area (Å²) in [5.74, 6) is -1.23. The molecule has 104 valence electrons. The zero-order valence-electron chi connectivity index (χ0n) is 10.6. The third-order valence-electron chi connectivity index (χ3n) is 1.93. The minimum atomic E-state index is -1.23. The molecule has 0 saturated carbocycles. The standard InChI is InChI=1S/C12H13Cl2NO4/c1-12(2,3)19-11(18)15-9-5-8(14)7(13)4-6(9)10(16)17/h4-5H,1-3H3,(H,15,18)(H,16,17). The Hall–Kier alpha value is -1.46. The number of rotatable bonds is 2. The molecule has 0 radical (unpaired) electrons. The van der Waals surface area contributed by atoms with E-state index in [2.05, 4.69) is 5.32 Å². The lowest BCUT2D eigenvalue weighted by atomic mass is 10.2. The lowest BCUT2D eigenvalue weighted by Gasteiger charge is -2.20. The molecule has 1 aromatic carbocycles. The normalized spacial score (nSPS) is 11.0. The summed E-state index contributed by atoms with van der Waals surface area (Å²) in [7, 11) is 0. The molecule has 1 amide bonds. The van der Waals surface area contributed by atoms with Crippen LogP contribution in [0.1, 0.15) is 31.1 Å². The highest BCUT2D eigenvalue weighted by Crippen LogP contribution is 2.29. The lowest BCUT2D eigenvalue weighted by Crippen LogP contribution is -2.27. The van der Waals surface area contributed by atoms with Gasteiger partial charge in [-0.05, 0) is 32.9 Å². The van der Waals surface area contributed by atoms with Gasteiger partial charge in [-0.25, -0.2) is 9.59 Å². The Morgan fingerprint density at radius 3 is 2.21 bits per heavy atom. The number of nitrogens with one attached hydrogen (secondary N) is 1. The highest BCUT2D eigenvalue weighted by Gasteiger charge is 2.20. The van der Waals surface area contributed by atoms with Crippen LogP contribution >= 0.6 is 23.2 Å². The first-order valence-electron chi connectivity index (χ1n) is 5.32. The third-order valence-corrected chi connectivity index (χ3v) is 2.65. The van der Waals surface area contributed by atoms with Crippen LogP contribution in [-0.4, -0.2) is 22.8 Å². The molecule has 2 N–H and O–H groups in total. The molecule has 1 aromatic rings. The van der Waals surface area contributed by atoms with Crippen LogP contribution in [0.4, 0.5) is 10.5 Å². The van der Waals surface area contributed by atoms with Crippen molar-refractivity contribution in [1.82, 2.24) is 0 Å². The zero-order chi connectivity index (χ0) is 14.8. The van der Waals surface area contributed by atoms with E-state index in [1.807, 2.05) is 0 Å². The fraction of sp³-hybridized carbons (Fsp3) is 0.333. The van der Waals surface area contributed by atoms with Gasteiger partial charge in [-0.1, -0.05) is 23.2 Å². The van der Waals surface area contributed by atoms with Gasteiger partial charge >= 0.3 is 12.1 Å². The second-order valence-corrected chi connectivity index (χ2v) is 5.56. The Bertz CT molecular complexity index is 523. The van der Waals surface area contributed by atoms with E-state index in [0.717, 1.165) is 0 Å². The summed E-state index contributed by atoms with van der Waals surface area (Å²) in [5, 5.41) is 11.6. The number of halogens is 2. The van der Waals surface area contributed by atoms with Crippen molar-refractivity contribution < 1.29 is 19.4 Å². The second-order valence-electron chi connectivity index (χ2n) is 4.74. The van der Waals surface area contributed by atoms with Gasteiger partial charge < -0.3 is 9.84 Å². The van der Waals surface area contributed by atoms with Crippen LogP contribution in [0.15, 0.2) is 12.1 Å². The van der Waals surface area contributed by atoms with Gasteiger partial charge in [0.25, 0.3) is 0 Å². The van der Waals surface area contributed by atoms with Crippen molar-refractivity contribution in [2.75, 3.05) is 5.32 Å². The number of benzene rings is 1. The van der Waals surface area contributed by atoms with Crippen LogP contribution in [-0.2, 0) is 4.74 Å². The van der Waals surface area contributed by atoms with Gasteiger partial charge in [-0.3, -0.25) is 5.32 Å². The van der Waals surface area contributed by atoms with Gasteiger partial charge in [-0.15, -0.1) is 0 Å². The summed E-state index contributed by atoms with van der Waals surface area (Å²) in [6, 6.07) is 2.43. The molecule has 0 aliphatic heterocycles. The number of ether oxygens (including phenoxy) is 1. The summed E-state index contributed by atoms with van der Waals surface area (Å²) < 4.78 is 5.03. The molecular formula is C12H13Cl2NO4. The molecule has 0 heterocycles. The predicted octanol–water partition coefficient (Wildman–Crippen LogP) is 4.04. The van der Waals surface area contributed by atoms with E-state index >= 15 is 0 Å². The smallest absolute Gasteiger partial charge is 0.412 e. The number of aromatic carboxylic acids is 1. The fourth-order valence-corrected chi connectivity index (χ4v) is 1.57. The Morgan fingerprint density at radius 2 is 1.74 bits per heavy atom. The van der Waals surface area contributed by atoms with E-state index in [1.165, 1.54) is 12.1 Å². The van der Waals surface area contributed by atoms with E-state index in [-0.39, 0.29) is 21.3 Å². The summed E-state index contributed by atoms with van der Waals surface area (Å²) in [4.78, 5) is 22.7. The molecule has 19 heavy (non-hydrogen) atoms. The van der Waals surface area contributed by atoms with Crippen molar-refractivity contribution >= 4 is 41.0 Å². The Morgan fingerprint density at radius 1 is 1.21 bits per heavy atom. The third kappa shape index (κ3) is 4.61. The van der Waals surface area contributed by atoms with Crippen LogP contribution in [0.25, 0.3) is 0 Å². The Balaban J connectivity index is 3.03. The molecular weight excluding hydrogens is 293 g/mol. The fourth-order valence-electron chi connectivity index (χ4n) is 1.24. The Kier molecular flexibility index (Phi) is 4.66. The van der Waals surface area contributed by atoms with E-state index in [4.69, 9.17) is 33.0 Å². The number of anilines is 1. The number of carboxylic acids is 1. The quantitative estimate of drug-likeness (QED) is 0.864. The maximum absolute atomic E-state index is 11.6. The number of amides is 1. The van der Waals surface area contributed by atoms with Gasteiger partial charge in [0, 0.05) is 0 Å². The van der Waals surface area contributed by atoms with Crippen molar-refractivity contribution in [3.8, 4) is 0 Å². The number of carbonyl (C=O) groups excluding carboxylic acids is 1. The molecule has 1 rings (SSSR count). The molecule has 0 unspecified atom stereocenters. The largest absolute Gasteiger partial charge is 0.478 e. The Labute approximate surface area is 120 Å². The molecule has 0 aliphatic rings. The molecule has 0 atom stereocenters. The molecule has 0 bridgehead atoms. The average Bonchev–Trinajstić information content (AvgIpc) is 2.19. The lowest BCUT2D eigenvalue weighted by molar-refractivity contribution is 0.0636. The van der Waals surface area contributed by atoms with Crippen LogP contribution < -0.4 is 5.32 Å². The van der Waals surface area contributed by atoms with Crippen molar-refractivity contribution in [3.63, 3.8) is 0 Å². The van der Waals surface area contributed by atoms with E-state index in [0.29, 0.717) is 0 Å². The maximum Gasteiger partial charge on any atom is 0.412 e. The first-order chi connectivity index (χ1) is 8.60. The maximum atomic E-state index is 11.6. The molecule has 0 aliphatic carbocycles. The monoisotopic (exact) mass is 305 g/mol. The first kappa shape index (κ1) is 15.6. The number of carboxylic acid groups (broad SMARTS) is 1. The van der Waals surface area contributed by atoms with Crippen molar-refractivity contribution in [3.05, 3.63) is 27.7 Å². The summed E-state index contributed by atoms with van der Waals surface area (Å²) in [6.07, 6.45) is -0.770. The molecule has 5 nitrogen and oxygen atoms in total. The van der Waals surface area contributed by atoms with Gasteiger partial charge in [0.15, 0.2) is 0 Å². The average molecular weight is 306 g/mol. The molecule has 0 fully saturated rings. The van der Waals surface area contributed by atoms with Gasteiger partial charge in [0.2, 0.25) is 0 Å². The van der Waals surface area contributed by atoms with Gasteiger partial charge in [0.1, 0.15) is 5.60 Å². The number of hydrogen-bond donors (Lipinski definition) is 2. The molecule has 7 heteroatoms. The highest BCUT2D eigenvalue weighted by molar-refractivity contribution is 6.42. The van der Waals surface area contributed by atoms with Crippen LogP contribution in [0, 0.1) is 0 Å². The summed E-state index contributed by atoms with van der Waals surface area (Å²) >= 11 is 11.5. The van der Waals surface area contributed by atoms with Crippen molar-refractivity contribution in [2.45, 2.75) is 26.4 Å². The van der Waals surface area contributed by atoms with Crippen LogP contribution in [0.2, 0.25) is 10.0 Å². The van der Waals surface area contributed by atoms with E-state index in [1.54, 1.807) is 20.8 Å². The SMILES string of the molecule is CC(C)(C)OC(=O)Nc1cc(Cl)c(Cl)cc1C(=O)O. The van der Waals surface area contributed by atoms with Crippen LogP contribution in [0.5, 0.6) is 0 Å². The molecule has 0 saturated heterocycles. The first-order valence-corrected chi connectivity index (χ1v) is 6.08. The topological polar surface area (TPSA) is 75.6 Å². The second kappa shape index (κ2) is 5.67. The van der Waals surface area contributed by atoms with E-state index < -0.39 is 17.7 Å². The molecule has 0 spiro atoms. The minimum Gasteiger partial charge on any atom is -0.478 e. The number of hydrogen-bond acceptors (Lipinski definition) is 3. The van der Waals surface area contributed by atoms with Crippen LogP contribution in [0.3, 0.4) is 0 Å². The number of carbonyl (C=O) groups is 2. The molecule has 0 aromatic heterocycles. The summed E-state index contributed by atoms with van der Waals surface area (Å²) in [5.41, 5.74) is -0.833. The van der Waals surface area contributed by atoms with E-state index in [9.17, 15) is 9.59 Å². The summed E-state index contributed by atoms with van der Waals surface area (Å²) in [6.45, 7) is 5.08. The van der Waals surface area contributed by atoms with Crippen molar-refractivity contribution in [1.29, 1.82) is 0 Å². The van der Waals surface area contributed by atoms with Gasteiger partial charge in [0.05, 0.1) is 21.3 Å².